The van der Waals surface area contributed by atoms with E-state index in [0.29, 0.717) is 28.8 Å². The second-order valence-corrected chi connectivity index (χ2v) is 10.4. The number of hydrogen-bond acceptors (Lipinski definition) is 3. The van der Waals surface area contributed by atoms with Crippen LogP contribution in [0, 0.1) is 3.57 Å². The van der Waals surface area contributed by atoms with E-state index in [1.165, 1.54) is 0 Å². The van der Waals surface area contributed by atoms with Crippen LogP contribution in [0.1, 0.15) is 30.9 Å². The molecule has 0 aliphatic heterocycles. The smallest absolute Gasteiger partial charge is 0.261 e. The minimum absolute atomic E-state index is 0.185. The molecule has 0 aliphatic rings. The Morgan fingerprint density at radius 3 is 2.36 bits per heavy atom. The molecule has 0 spiro atoms. The van der Waals surface area contributed by atoms with Crippen molar-refractivity contribution >= 4 is 57.6 Å². The summed E-state index contributed by atoms with van der Waals surface area (Å²) in [5.41, 5.74) is 1.73. The summed E-state index contributed by atoms with van der Waals surface area (Å²) in [6, 6.07) is 21.6. The molecule has 5 nitrogen and oxygen atoms in total. The third-order valence-corrected chi connectivity index (χ3v) is 7.07. The maximum atomic E-state index is 13.6. The van der Waals surface area contributed by atoms with Gasteiger partial charge in [0.05, 0.1) is 10.0 Å². The van der Waals surface area contributed by atoms with Gasteiger partial charge in [-0.3, -0.25) is 9.59 Å². The third kappa shape index (κ3) is 8.68. The lowest BCUT2D eigenvalue weighted by atomic mass is 10.0. The maximum absolute atomic E-state index is 13.6. The van der Waals surface area contributed by atoms with Crippen molar-refractivity contribution in [3.05, 3.63) is 97.5 Å². The van der Waals surface area contributed by atoms with Gasteiger partial charge in [-0.1, -0.05) is 72.9 Å². The van der Waals surface area contributed by atoms with Gasteiger partial charge in [0, 0.05) is 23.1 Å². The van der Waals surface area contributed by atoms with Gasteiger partial charge in [-0.25, -0.2) is 0 Å². The number of amides is 2. The highest BCUT2D eigenvalue weighted by atomic mass is 127. The van der Waals surface area contributed by atoms with E-state index >= 15 is 0 Å². The first-order valence-electron chi connectivity index (χ1n) is 11.8. The summed E-state index contributed by atoms with van der Waals surface area (Å²) < 4.78 is 6.86. The minimum atomic E-state index is -0.730. The predicted molar refractivity (Wildman–Crippen MR) is 154 cm³/mol. The van der Waals surface area contributed by atoms with E-state index in [9.17, 15) is 9.59 Å². The SMILES string of the molecule is CCCCNC(=O)[C@H](Cc1ccccc1)N(Cc1ccc(Cl)c(Cl)c1)C(=O)COc1ccc(I)cc1. The van der Waals surface area contributed by atoms with Crippen molar-refractivity contribution in [3.63, 3.8) is 0 Å². The van der Waals surface area contributed by atoms with Gasteiger partial charge in [0.2, 0.25) is 5.91 Å². The lowest BCUT2D eigenvalue weighted by Crippen LogP contribution is -2.51. The first-order valence-corrected chi connectivity index (χ1v) is 13.6. The van der Waals surface area contributed by atoms with Gasteiger partial charge in [-0.2, -0.15) is 0 Å². The van der Waals surface area contributed by atoms with Crippen molar-refractivity contribution in [2.45, 2.75) is 38.8 Å². The zero-order valence-corrected chi connectivity index (χ0v) is 23.7. The fourth-order valence-electron chi connectivity index (χ4n) is 3.65. The number of carbonyl (C=O) groups is 2. The Morgan fingerprint density at radius 1 is 0.972 bits per heavy atom. The number of unbranched alkanes of at least 4 members (excludes halogenated alkanes) is 1. The molecule has 36 heavy (non-hydrogen) atoms. The van der Waals surface area contributed by atoms with Crippen molar-refractivity contribution in [3.8, 4) is 5.75 Å². The molecule has 3 aromatic rings. The Labute approximate surface area is 236 Å². The van der Waals surface area contributed by atoms with E-state index < -0.39 is 6.04 Å². The zero-order valence-electron chi connectivity index (χ0n) is 20.1. The topological polar surface area (TPSA) is 58.6 Å². The van der Waals surface area contributed by atoms with E-state index in [2.05, 4.69) is 34.8 Å². The van der Waals surface area contributed by atoms with Crippen LogP contribution in [0.4, 0.5) is 0 Å². The molecule has 0 bridgehead atoms. The van der Waals surface area contributed by atoms with Crippen LogP contribution in [-0.4, -0.2) is 35.9 Å². The second-order valence-electron chi connectivity index (χ2n) is 8.36. The molecule has 2 amide bonds. The summed E-state index contributed by atoms with van der Waals surface area (Å²) in [6.07, 6.45) is 2.19. The van der Waals surface area contributed by atoms with Crippen LogP contribution in [0.3, 0.4) is 0 Å². The summed E-state index contributed by atoms with van der Waals surface area (Å²) >= 11 is 14.6. The highest BCUT2D eigenvalue weighted by Gasteiger charge is 2.30. The Kier molecular flexibility index (Phi) is 11.4. The maximum Gasteiger partial charge on any atom is 0.261 e. The highest BCUT2D eigenvalue weighted by Crippen LogP contribution is 2.24. The van der Waals surface area contributed by atoms with Gasteiger partial charge in [0.25, 0.3) is 5.91 Å². The van der Waals surface area contributed by atoms with Gasteiger partial charge in [0.15, 0.2) is 6.61 Å². The Balaban J connectivity index is 1.89. The monoisotopic (exact) mass is 638 g/mol. The number of hydrogen-bond donors (Lipinski definition) is 1. The van der Waals surface area contributed by atoms with Gasteiger partial charge in [-0.15, -0.1) is 0 Å². The molecule has 0 fully saturated rings. The fraction of sp³-hybridized carbons (Fsp3) is 0.286. The van der Waals surface area contributed by atoms with Crippen LogP contribution in [0.15, 0.2) is 72.8 Å². The minimum Gasteiger partial charge on any atom is -0.484 e. The fourth-order valence-corrected chi connectivity index (χ4v) is 4.33. The van der Waals surface area contributed by atoms with Crippen molar-refractivity contribution in [1.29, 1.82) is 0 Å². The first kappa shape index (κ1) is 28.3. The molecule has 190 valence electrons. The molecule has 0 saturated carbocycles. The summed E-state index contributed by atoms with van der Waals surface area (Å²) in [6.45, 7) is 2.60. The van der Waals surface area contributed by atoms with Crippen molar-refractivity contribution in [1.82, 2.24) is 10.2 Å². The molecular formula is C28H29Cl2IN2O3. The lowest BCUT2D eigenvalue weighted by Gasteiger charge is -2.31. The second kappa shape index (κ2) is 14.4. The van der Waals surface area contributed by atoms with E-state index in [1.54, 1.807) is 17.0 Å². The van der Waals surface area contributed by atoms with Gasteiger partial charge < -0.3 is 15.0 Å². The Bertz CT molecular complexity index is 1140. The molecule has 0 radical (unpaired) electrons. The number of halogens is 3. The highest BCUT2D eigenvalue weighted by molar-refractivity contribution is 14.1. The van der Waals surface area contributed by atoms with Crippen molar-refractivity contribution in [2.75, 3.05) is 13.2 Å². The zero-order chi connectivity index (χ0) is 25.9. The van der Waals surface area contributed by atoms with Crippen LogP contribution < -0.4 is 10.1 Å². The summed E-state index contributed by atoms with van der Waals surface area (Å²) in [4.78, 5) is 28.5. The van der Waals surface area contributed by atoms with Gasteiger partial charge >= 0.3 is 0 Å². The average Bonchev–Trinajstić information content (AvgIpc) is 2.88. The third-order valence-electron chi connectivity index (χ3n) is 5.61. The number of rotatable bonds is 12. The summed E-state index contributed by atoms with van der Waals surface area (Å²) in [5, 5.41) is 3.83. The number of nitrogens with zero attached hydrogens (tertiary/aromatic N) is 1. The van der Waals surface area contributed by atoms with Crippen molar-refractivity contribution < 1.29 is 14.3 Å². The average molecular weight is 639 g/mol. The standard InChI is InChI=1S/C28H29Cl2IN2O3/c1-2-3-15-32-28(35)26(17-20-7-5-4-6-8-20)33(18-21-9-14-24(29)25(30)16-21)27(34)19-36-23-12-10-22(31)11-13-23/h4-14,16,26H,2-3,15,17-19H2,1H3,(H,32,35)/t26-/m0/s1. The van der Waals surface area contributed by atoms with Gasteiger partial charge in [-0.05, 0) is 76.5 Å². The molecular weight excluding hydrogens is 610 g/mol. The van der Waals surface area contributed by atoms with Gasteiger partial charge in [0.1, 0.15) is 11.8 Å². The van der Waals surface area contributed by atoms with Crippen LogP contribution >= 0.6 is 45.8 Å². The lowest BCUT2D eigenvalue weighted by molar-refractivity contribution is -0.142. The number of benzene rings is 3. The Morgan fingerprint density at radius 2 is 1.69 bits per heavy atom. The molecule has 1 N–H and O–H groups in total. The van der Waals surface area contributed by atoms with Crippen LogP contribution in [0.2, 0.25) is 10.0 Å². The molecule has 0 saturated heterocycles. The molecule has 0 aromatic heterocycles. The van der Waals surface area contributed by atoms with Crippen LogP contribution in [0.5, 0.6) is 5.75 Å². The molecule has 1 atom stereocenters. The molecule has 3 rings (SSSR count). The molecule has 0 aliphatic carbocycles. The van der Waals surface area contributed by atoms with E-state index in [1.807, 2.05) is 60.7 Å². The number of ether oxygens (including phenoxy) is 1. The predicted octanol–water partition coefficient (Wildman–Crippen LogP) is 6.53. The molecule has 0 unspecified atom stereocenters. The van der Waals surface area contributed by atoms with E-state index in [-0.39, 0.29) is 25.0 Å². The van der Waals surface area contributed by atoms with Crippen molar-refractivity contribution in [2.24, 2.45) is 0 Å². The number of carbonyl (C=O) groups excluding carboxylic acids is 2. The van der Waals surface area contributed by atoms with E-state index in [0.717, 1.165) is 27.5 Å². The molecule has 8 heteroatoms. The van der Waals surface area contributed by atoms with Crippen LogP contribution in [0.25, 0.3) is 0 Å². The largest absolute Gasteiger partial charge is 0.484 e. The number of nitrogens with one attached hydrogen (secondary N) is 1. The van der Waals surface area contributed by atoms with Crippen LogP contribution in [-0.2, 0) is 22.6 Å². The summed E-state index contributed by atoms with van der Waals surface area (Å²) in [5.74, 6) is 0.0893. The first-order chi connectivity index (χ1) is 17.4. The molecule has 0 heterocycles. The normalized spacial score (nSPS) is 11.6. The molecule has 3 aromatic carbocycles. The van der Waals surface area contributed by atoms with E-state index in [4.69, 9.17) is 27.9 Å². The quantitative estimate of drug-likeness (QED) is 0.181. The Hall–Kier alpha value is -2.29. The summed E-state index contributed by atoms with van der Waals surface area (Å²) in [7, 11) is 0.